The third-order valence-electron chi connectivity index (χ3n) is 3.77. The van der Waals surface area contributed by atoms with Crippen molar-refractivity contribution >= 4 is 45.1 Å². The molecule has 0 heterocycles. The maximum atomic E-state index is 11.9. The number of amides is 1. The summed E-state index contributed by atoms with van der Waals surface area (Å²) in [7, 11) is 0. The van der Waals surface area contributed by atoms with Crippen molar-refractivity contribution < 1.29 is 19.1 Å². The molecule has 138 valence electrons. The average molecular weight is 441 g/mol. The summed E-state index contributed by atoms with van der Waals surface area (Å²) in [6.45, 7) is 4.96. The quantitative estimate of drug-likeness (QED) is 0.667. The minimum atomic E-state index is -0.653. The van der Waals surface area contributed by atoms with Crippen LogP contribution in [0.5, 0.6) is 5.75 Å². The molecule has 2 aromatic carbocycles. The zero-order valence-corrected chi connectivity index (χ0v) is 17.0. The summed E-state index contributed by atoms with van der Waals surface area (Å²) >= 11 is 9.42. The van der Waals surface area contributed by atoms with Gasteiger partial charge in [0.1, 0.15) is 5.75 Å². The fraction of sp³-hybridized carbons (Fsp3) is 0.263. The maximum Gasteiger partial charge on any atom is 0.344 e. The maximum absolute atomic E-state index is 11.9. The number of halogens is 2. The Morgan fingerprint density at radius 2 is 1.85 bits per heavy atom. The van der Waals surface area contributed by atoms with E-state index in [-0.39, 0.29) is 13.2 Å². The SMILES string of the molecule is Cc1cccc(NC(=O)COC(=O)COc2c(C)cc(Br)cc2Cl)c1C. The Kier molecular flexibility index (Phi) is 7.06. The van der Waals surface area contributed by atoms with Crippen molar-refractivity contribution in [1.29, 1.82) is 0 Å². The summed E-state index contributed by atoms with van der Waals surface area (Å²) < 4.78 is 11.2. The zero-order chi connectivity index (χ0) is 19.3. The fourth-order valence-corrected chi connectivity index (χ4v) is 3.29. The van der Waals surface area contributed by atoms with Gasteiger partial charge in [-0.2, -0.15) is 0 Å². The van der Waals surface area contributed by atoms with Crippen LogP contribution in [0.15, 0.2) is 34.8 Å². The molecular formula is C19H19BrClNO4. The topological polar surface area (TPSA) is 64.6 Å². The van der Waals surface area contributed by atoms with E-state index in [4.69, 9.17) is 21.1 Å². The van der Waals surface area contributed by atoms with E-state index in [1.54, 1.807) is 12.1 Å². The van der Waals surface area contributed by atoms with Crippen molar-refractivity contribution in [3.8, 4) is 5.75 Å². The van der Waals surface area contributed by atoms with Crippen molar-refractivity contribution in [3.63, 3.8) is 0 Å². The van der Waals surface area contributed by atoms with Gasteiger partial charge in [-0.05, 0) is 55.7 Å². The van der Waals surface area contributed by atoms with Gasteiger partial charge in [-0.25, -0.2) is 4.79 Å². The van der Waals surface area contributed by atoms with Gasteiger partial charge in [-0.3, -0.25) is 4.79 Å². The molecule has 0 unspecified atom stereocenters. The number of benzene rings is 2. The van der Waals surface area contributed by atoms with Crippen LogP contribution in [0.4, 0.5) is 5.69 Å². The number of nitrogens with one attached hydrogen (secondary N) is 1. The molecule has 0 saturated carbocycles. The van der Waals surface area contributed by atoms with Crippen molar-refractivity contribution in [2.75, 3.05) is 18.5 Å². The van der Waals surface area contributed by atoms with E-state index >= 15 is 0 Å². The van der Waals surface area contributed by atoms with Crippen LogP contribution in [-0.4, -0.2) is 25.1 Å². The second-order valence-corrected chi connectivity index (χ2v) is 7.10. The Morgan fingerprint density at radius 3 is 2.54 bits per heavy atom. The molecule has 0 aromatic heterocycles. The second kappa shape index (κ2) is 9.05. The molecule has 2 aromatic rings. The molecule has 26 heavy (non-hydrogen) atoms. The van der Waals surface area contributed by atoms with Crippen LogP contribution >= 0.6 is 27.5 Å². The second-order valence-electron chi connectivity index (χ2n) is 5.78. The molecule has 0 aliphatic heterocycles. The summed E-state index contributed by atoms with van der Waals surface area (Å²) in [4.78, 5) is 23.7. The molecule has 1 N–H and O–H groups in total. The highest BCUT2D eigenvalue weighted by atomic mass is 79.9. The lowest BCUT2D eigenvalue weighted by Crippen LogP contribution is -2.24. The number of esters is 1. The predicted octanol–water partition coefficient (Wildman–Crippen LogP) is 4.59. The van der Waals surface area contributed by atoms with E-state index < -0.39 is 11.9 Å². The molecular weight excluding hydrogens is 422 g/mol. The lowest BCUT2D eigenvalue weighted by molar-refractivity contribution is -0.149. The summed E-state index contributed by atoms with van der Waals surface area (Å²) in [5.74, 6) is -0.656. The third kappa shape index (κ3) is 5.47. The smallest absolute Gasteiger partial charge is 0.344 e. The number of rotatable bonds is 6. The molecule has 0 fully saturated rings. The van der Waals surface area contributed by atoms with Gasteiger partial charge in [0.25, 0.3) is 5.91 Å². The Bertz CT molecular complexity index is 815. The molecule has 0 bridgehead atoms. The van der Waals surface area contributed by atoms with Gasteiger partial charge in [-0.15, -0.1) is 0 Å². The van der Waals surface area contributed by atoms with Gasteiger partial charge in [0.05, 0.1) is 5.02 Å². The standard InChI is InChI=1S/C19H19BrClNO4/c1-11-5-4-6-16(13(11)3)22-17(23)9-25-18(24)10-26-19-12(2)7-14(20)8-15(19)21/h4-8H,9-10H2,1-3H3,(H,22,23). The molecule has 5 nitrogen and oxygen atoms in total. The van der Waals surface area contributed by atoms with E-state index in [0.717, 1.165) is 21.2 Å². The first-order chi connectivity index (χ1) is 12.3. The lowest BCUT2D eigenvalue weighted by Gasteiger charge is -2.12. The number of hydrogen-bond donors (Lipinski definition) is 1. The summed E-state index contributed by atoms with van der Waals surface area (Å²) in [5.41, 5.74) is 3.51. The van der Waals surface area contributed by atoms with Gasteiger partial charge < -0.3 is 14.8 Å². The van der Waals surface area contributed by atoms with Crippen LogP contribution in [0, 0.1) is 20.8 Å². The van der Waals surface area contributed by atoms with E-state index in [2.05, 4.69) is 21.2 Å². The molecule has 0 aliphatic carbocycles. The Hall–Kier alpha value is -2.05. The largest absolute Gasteiger partial charge is 0.480 e. The minimum Gasteiger partial charge on any atom is -0.480 e. The van der Waals surface area contributed by atoms with Crippen LogP contribution in [0.3, 0.4) is 0 Å². The third-order valence-corrected chi connectivity index (χ3v) is 4.51. The monoisotopic (exact) mass is 439 g/mol. The molecule has 1 amide bonds. The molecule has 0 spiro atoms. The first-order valence-electron chi connectivity index (χ1n) is 7.88. The van der Waals surface area contributed by atoms with Gasteiger partial charge in [0.2, 0.25) is 0 Å². The number of ether oxygens (including phenoxy) is 2. The highest BCUT2D eigenvalue weighted by molar-refractivity contribution is 9.10. The van der Waals surface area contributed by atoms with Crippen molar-refractivity contribution in [3.05, 3.63) is 56.5 Å². The molecule has 2 rings (SSSR count). The van der Waals surface area contributed by atoms with Crippen molar-refractivity contribution in [2.24, 2.45) is 0 Å². The van der Waals surface area contributed by atoms with E-state index in [1.807, 2.05) is 39.0 Å². The van der Waals surface area contributed by atoms with Crippen LogP contribution in [-0.2, 0) is 14.3 Å². The molecule has 0 radical (unpaired) electrons. The molecule has 0 aliphatic rings. The van der Waals surface area contributed by atoms with Crippen molar-refractivity contribution in [1.82, 2.24) is 0 Å². The Balaban J connectivity index is 1.83. The van der Waals surface area contributed by atoms with E-state index in [9.17, 15) is 9.59 Å². The first kappa shape index (κ1) is 20.3. The van der Waals surface area contributed by atoms with Crippen LogP contribution in [0.2, 0.25) is 5.02 Å². The van der Waals surface area contributed by atoms with Crippen LogP contribution in [0.25, 0.3) is 0 Å². The Morgan fingerprint density at radius 1 is 1.12 bits per heavy atom. The summed E-state index contributed by atoms with van der Waals surface area (Å²) in [6, 6.07) is 9.10. The number of carbonyl (C=O) groups is 2. The van der Waals surface area contributed by atoms with Crippen molar-refractivity contribution in [2.45, 2.75) is 20.8 Å². The van der Waals surface area contributed by atoms with Crippen LogP contribution in [0.1, 0.15) is 16.7 Å². The molecule has 7 heteroatoms. The minimum absolute atomic E-state index is 0.334. The van der Waals surface area contributed by atoms with Crippen LogP contribution < -0.4 is 10.1 Å². The zero-order valence-electron chi connectivity index (χ0n) is 14.7. The molecule has 0 saturated heterocycles. The van der Waals surface area contributed by atoms with Gasteiger partial charge in [0, 0.05) is 10.2 Å². The number of aryl methyl sites for hydroxylation is 2. The van der Waals surface area contributed by atoms with Gasteiger partial charge in [-0.1, -0.05) is 39.7 Å². The highest BCUT2D eigenvalue weighted by Crippen LogP contribution is 2.31. The van der Waals surface area contributed by atoms with Gasteiger partial charge >= 0.3 is 5.97 Å². The van der Waals surface area contributed by atoms with E-state index in [0.29, 0.717) is 16.5 Å². The number of hydrogen-bond acceptors (Lipinski definition) is 4. The van der Waals surface area contributed by atoms with E-state index in [1.165, 1.54) is 0 Å². The highest BCUT2D eigenvalue weighted by Gasteiger charge is 2.13. The number of carbonyl (C=O) groups excluding carboxylic acids is 2. The Labute approximate surface area is 165 Å². The first-order valence-corrected chi connectivity index (χ1v) is 9.05. The average Bonchev–Trinajstić information content (AvgIpc) is 2.56. The van der Waals surface area contributed by atoms with Gasteiger partial charge in [0.15, 0.2) is 13.2 Å². The summed E-state index contributed by atoms with van der Waals surface area (Å²) in [5, 5.41) is 3.11. The summed E-state index contributed by atoms with van der Waals surface area (Å²) in [6.07, 6.45) is 0. The molecule has 0 atom stereocenters. The fourth-order valence-electron chi connectivity index (χ4n) is 2.26. The lowest BCUT2D eigenvalue weighted by atomic mass is 10.1. The predicted molar refractivity (Wildman–Crippen MR) is 105 cm³/mol. The number of anilines is 1. The normalized spacial score (nSPS) is 10.3.